The van der Waals surface area contributed by atoms with Gasteiger partial charge in [-0.05, 0) is 13.3 Å². The number of amides is 1. The van der Waals surface area contributed by atoms with Gasteiger partial charge in [-0.1, -0.05) is 27.7 Å². The molecule has 1 amide bonds. The Morgan fingerprint density at radius 3 is 2.43 bits per heavy atom. The van der Waals surface area contributed by atoms with Crippen molar-refractivity contribution in [1.82, 2.24) is 15.3 Å². The predicted molar refractivity (Wildman–Crippen MR) is 86.5 cm³/mol. The maximum atomic E-state index is 11.7. The van der Waals surface area contributed by atoms with Crippen molar-refractivity contribution in [3.63, 3.8) is 0 Å². The van der Waals surface area contributed by atoms with E-state index in [0.717, 1.165) is 24.3 Å². The highest BCUT2D eigenvalue weighted by atomic mass is 16.1. The first kappa shape index (κ1) is 17.2. The summed E-state index contributed by atoms with van der Waals surface area (Å²) in [7, 11) is 1.63. The van der Waals surface area contributed by atoms with Gasteiger partial charge < -0.3 is 16.0 Å². The summed E-state index contributed by atoms with van der Waals surface area (Å²) >= 11 is 0. The zero-order valence-electron chi connectivity index (χ0n) is 13.9. The van der Waals surface area contributed by atoms with Crippen LogP contribution in [0.4, 0.5) is 11.6 Å². The van der Waals surface area contributed by atoms with Gasteiger partial charge in [0.15, 0.2) is 0 Å². The molecule has 0 aliphatic heterocycles. The van der Waals surface area contributed by atoms with Crippen molar-refractivity contribution in [2.45, 2.75) is 46.5 Å². The number of nitrogens with one attached hydrogen (secondary N) is 1. The standard InChI is InChI=1S/C15H27N5O/c1-7-8-20(9-11(21)17-6)13-10(2)12(16)18-14(19-13)15(3,4)5/h7-9H2,1-6H3,(H,17,21)(H2,16,18,19). The minimum atomic E-state index is -0.193. The highest BCUT2D eigenvalue weighted by molar-refractivity contribution is 5.81. The number of aromatic nitrogens is 2. The molecule has 0 saturated carbocycles. The lowest BCUT2D eigenvalue weighted by Gasteiger charge is -2.27. The minimum Gasteiger partial charge on any atom is -0.383 e. The summed E-state index contributed by atoms with van der Waals surface area (Å²) in [5.41, 5.74) is 6.66. The van der Waals surface area contributed by atoms with E-state index in [9.17, 15) is 4.79 Å². The van der Waals surface area contributed by atoms with Crippen molar-refractivity contribution in [3.8, 4) is 0 Å². The molecule has 0 unspecified atom stereocenters. The van der Waals surface area contributed by atoms with E-state index >= 15 is 0 Å². The van der Waals surface area contributed by atoms with E-state index < -0.39 is 0 Å². The molecule has 21 heavy (non-hydrogen) atoms. The van der Waals surface area contributed by atoms with Crippen LogP contribution in [0.25, 0.3) is 0 Å². The van der Waals surface area contributed by atoms with Gasteiger partial charge in [-0.15, -0.1) is 0 Å². The van der Waals surface area contributed by atoms with Crippen molar-refractivity contribution in [2.24, 2.45) is 0 Å². The largest absolute Gasteiger partial charge is 0.383 e. The molecule has 0 spiro atoms. The van der Waals surface area contributed by atoms with Crippen LogP contribution >= 0.6 is 0 Å². The Balaban J connectivity index is 3.29. The Morgan fingerprint density at radius 2 is 1.95 bits per heavy atom. The number of nitrogen functional groups attached to an aromatic ring is 1. The summed E-state index contributed by atoms with van der Waals surface area (Å²) in [6.45, 7) is 11.1. The van der Waals surface area contributed by atoms with E-state index in [0.29, 0.717) is 11.6 Å². The summed E-state index contributed by atoms with van der Waals surface area (Å²) in [6, 6.07) is 0. The molecule has 0 aliphatic carbocycles. The van der Waals surface area contributed by atoms with Gasteiger partial charge in [0.05, 0.1) is 6.54 Å². The number of anilines is 2. The summed E-state index contributed by atoms with van der Waals surface area (Å²) in [4.78, 5) is 22.7. The number of carbonyl (C=O) groups excluding carboxylic acids is 1. The van der Waals surface area contributed by atoms with Crippen molar-refractivity contribution in [1.29, 1.82) is 0 Å². The predicted octanol–water partition coefficient (Wildman–Crippen LogP) is 1.63. The average molecular weight is 293 g/mol. The maximum Gasteiger partial charge on any atom is 0.239 e. The molecule has 0 radical (unpaired) electrons. The Bertz CT molecular complexity index is 508. The van der Waals surface area contributed by atoms with Crippen molar-refractivity contribution < 1.29 is 4.79 Å². The van der Waals surface area contributed by atoms with Gasteiger partial charge in [-0.2, -0.15) is 0 Å². The van der Waals surface area contributed by atoms with Crippen molar-refractivity contribution in [3.05, 3.63) is 11.4 Å². The molecule has 1 heterocycles. The first-order valence-corrected chi connectivity index (χ1v) is 7.30. The molecular weight excluding hydrogens is 266 g/mol. The third-order valence-electron chi connectivity index (χ3n) is 3.23. The molecule has 118 valence electrons. The smallest absolute Gasteiger partial charge is 0.239 e. The Morgan fingerprint density at radius 1 is 1.33 bits per heavy atom. The number of nitrogens with zero attached hydrogens (tertiary/aromatic N) is 3. The number of carbonyl (C=O) groups is 1. The molecule has 0 fully saturated rings. The molecule has 1 aromatic rings. The topological polar surface area (TPSA) is 84.1 Å². The van der Waals surface area contributed by atoms with Crippen LogP contribution in [0, 0.1) is 6.92 Å². The fourth-order valence-corrected chi connectivity index (χ4v) is 1.95. The number of nitrogens with two attached hydrogens (primary N) is 1. The minimum absolute atomic E-state index is 0.0441. The van der Waals surface area contributed by atoms with Gasteiger partial charge in [0.2, 0.25) is 5.91 Å². The molecule has 0 saturated heterocycles. The molecule has 6 nitrogen and oxygen atoms in total. The van der Waals surface area contributed by atoms with E-state index in [-0.39, 0.29) is 17.9 Å². The molecule has 0 bridgehead atoms. The molecule has 1 aromatic heterocycles. The van der Waals surface area contributed by atoms with Gasteiger partial charge in [0.1, 0.15) is 17.5 Å². The fraction of sp³-hybridized carbons (Fsp3) is 0.667. The maximum absolute atomic E-state index is 11.7. The Labute approximate surface area is 127 Å². The van der Waals surface area contributed by atoms with Crippen LogP contribution in [0.5, 0.6) is 0 Å². The van der Waals surface area contributed by atoms with Gasteiger partial charge in [0.25, 0.3) is 0 Å². The fourth-order valence-electron chi connectivity index (χ4n) is 1.95. The molecule has 6 heteroatoms. The third kappa shape index (κ3) is 4.31. The van der Waals surface area contributed by atoms with Gasteiger partial charge >= 0.3 is 0 Å². The monoisotopic (exact) mass is 293 g/mol. The third-order valence-corrected chi connectivity index (χ3v) is 3.23. The number of hydrogen-bond acceptors (Lipinski definition) is 5. The van der Waals surface area contributed by atoms with Gasteiger partial charge in [-0.25, -0.2) is 9.97 Å². The van der Waals surface area contributed by atoms with Crippen LogP contribution in [0.15, 0.2) is 0 Å². The van der Waals surface area contributed by atoms with Gasteiger partial charge in [0, 0.05) is 24.6 Å². The lowest BCUT2D eigenvalue weighted by molar-refractivity contribution is -0.119. The molecule has 0 aromatic carbocycles. The molecule has 1 rings (SSSR count). The van der Waals surface area contributed by atoms with E-state index in [2.05, 4.69) is 22.2 Å². The Kier molecular flexibility index (Phi) is 5.52. The summed E-state index contributed by atoms with van der Waals surface area (Å²) in [5, 5.41) is 2.65. The lowest BCUT2D eigenvalue weighted by atomic mass is 9.95. The van der Waals surface area contributed by atoms with Crippen LogP contribution in [0.2, 0.25) is 0 Å². The normalized spacial score (nSPS) is 11.3. The first-order chi connectivity index (χ1) is 9.70. The van der Waals surface area contributed by atoms with E-state index in [1.807, 2.05) is 32.6 Å². The molecular formula is C15H27N5O. The number of likely N-dealkylation sites (N-methyl/N-ethyl adjacent to an activating group) is 1. The van der Waals surface area contributed by atoms with E-state index in [1.54, 1.807) is 7.05 Å². The summed E-state index contributed by atoms with van der Waals surface area (Å²) in [6.07, 6.45) is 0.922. The van der Waals surface area contributed by atoms with Crippen LogP contribution in [0.1, 0.15) is 45.5 Å². The van der Waals surface area contributed by atoms with Crippen LogP contribution in [-0.4, -0.2) is 36.0 Å². The van der Waals surface area contributed by atoms with E-state index in [4.69, 9.17) is 5.73 Å². The SMILES string of the molecule is CCCN(CC(=O)NC)c1nc(C(C)(C)C)nc(N)c1C. The second kappa shape index (κ2) is 6.74. The Hall–Kier alpha value is -1.85. The molecule has 3 N–H and O–H groups in total. The molecule has 0 atom stereocenters. The highest BCUT2D eigenvalue weighted by Crippen LogP contribution is 2.27. The van der Waals surface area contributed by atoms with E-state index in [1.165, 1.54) is 0 Å². The second-order valence-electron chi connectivity index (χ2n) is 6.23. The van der Waals surface area contributed by atoms with Crippen LogP contribution in [0.3, 0.4) is 0 Å². The van der Waals surface area contributed by atoms with Crippen LogP contribution in [-0.2, 0) is 10.2 Å². The first-order valence-electron chi connectivity index (χ1n) is 7.30. The molecule has 0 aliphatic rings. The van der Waals surface area contributed by atoms with Crippen molar-refractivity contribution >= 4 is 17.5 Å². The lowest BCUT2D eigenvalue weighted by Crippen LogP contribution is -2.37. The second-order valence-corrected chi connectivity index (χ2v) is 6.23. The van der Waals surface area contributed by atoms with Crippen molar-refractivity contribution in [2.75, 3.05) is 30.8 Å². The van der Waals surface area contributed by atoms with Gasteiger partial charge in [-0.3, -0.25) is 4.79 Å². The zero-order valence-corrected chi connectivity index (χ0v) is 13.9. The quantitative estimate of drug-likeness (QED) is 0.862. The number of rotatable bonds is 5. The summed E-state index contributed by atoms with van der Waals surface area (Å²) in [5.74, 6) is 1.87. The summed E-state index contributed by atoms with van der Waals surface area (Å²) < 4.78 is 0. The highest BCUT2D eigenvalue weighted by Gasteiger charge is 2.23. The number of hydrogen-bond donors (Lipinski definition) is 2. The zero-order chi connectivity index (χ0) is 16.2. The van der Waals surface area contributed by atoms with Crippen LogP contribution < -0.4 is 16.0 Å². The average Bonchev–Trinajstić information content (AvgIpc) is 2.39.